The van der Waals surface area contributed by atoms with E-state index in [9.17, 15) is 18.0 Å². The number of nitrogens with one attached hydrogen (secondary N) is 1. The van der Waals surface area contributed by atoms with E-state index in [1.165, 1.54) is 17.4 Å². The van der Waals surface area contributed by atoms with Gasteiger partial charge in [0.1, 0.15) is 0 Å². The Bertz CT molecular complexity index is 672. The molecule has 0 fully saturated rings. The van der Waals surface area contributed by atoms with Crippen molar-refractivity contribution < 1.29 is 18.0 Å². The van der Waals surface area contributed by atoms with Crippen LogP contribution in [0.2, 0.25) is 0 Å². The Labute approximate surface area is 130 Å². The molecule has 3 N–H and O–H groups in total. The molecular weight excluding hydrogens is 371 g/mol. The molecule has 1 heterocycles. The molecular formula is C12H9BrF3N3OS. The van der Waals surface area contributed by atoms with Crippen LogP contribution in [0.1, 0.15) is 11.3 Å². The number of halogens is 4. The summed E-state index contributed by atoms with van der Waals surface area (Å²) in [7, 11) is 0. The minimum atomic E-state index is -4.48. The number of aromatic nitrogens is 1. The Balaban J connectivity index is 2.12. The van der Waals surface area contributed by atoms with Crippen LogP contribution < -0.4 is 11.1 Å². The Morgan fingerprint density at radius 2 is 2.10 bits per heavy atom. The smallest absolute Gasteiger partial charge is 0.375 e. The molecule has 0 saturated heterocycles. The monoisotopic (exact) mass is 379 g/mol. The summed E-state index contributed by atoms with van der Waals surface area (Å²) in [6, 6.07) is 3.21. The van der Waals surface area contributed by atoms with Crippen LogP contribution >= 0.6 is 27.3 Å². The number of hydrogen-bond acceptors (Lipinski definition) is 4. The maximum atomic E-state index is 12.7. The minimum Gasteiger partial charge on any atom is -0.375 e. The van der Waals surface area contributed by atoms with E-state index in [4.69, 9.17) is 5.73 Å². The molecule has 21 heavy (non-hydrogen) atoms. The van der Waals surface area contributed by atoms with Crippen LogP contribution in [0.3, 0.4) is 0 Å². The first-order valence-corrected chi connectivity index (χ1v) is 7.29. The summed E-state index contributed by atoms with van der Waals surface area (Å²) >= 11 is 4.18. The number of carbonyl (C=O) groups excluding carboxylic acids is 1. The molecule has 112 valence electrons. The van der Waals surface area contributed by atoms with Crippen LogP contribution in [0.15, 0.2) is 28.1 Å². The summed E-state index contributed by atoms with van der Waals surface area (Å²) in [5.74, 6) is -0.466. The van der Waals surface area contributed by atoms with Gasteiger partial charge in [0.25, 0.3) is 0 Å². The summed E-state index contributed by atoms with van der Waals surface area (Å²) < 4.78 is 38.3. The lowest BCUT2D eigenvalue weighted by Crippen LogP contribution is -2.15. The van der Waals surface area contributed by atoms with Gasteiger partial charge in [-0.3, -0.25) is 4.79 Å². The molecule has 0 aliphatic heterocycles. The highest BCUT2D eigenvalue weighted by Crippen LogP contribution is 2.33. The van der Waals surface area contributed by atoms with Crippen LogP contribution in [-0.4, -0.2) is 10.9 Å². The molecule has 2 aromatic rings. The maximum Gasteiger partial charge on any atom is 0.416 e. The Morgan fingerprint density at radius 1 is 1.38 bits per heavy atom. The third-order valence-electron chi connectivity index (χ3n) is 2.42. The Hall–Kier alpha value is -1.61. The van der Waals surface area contributed by atoms with Crippen molar-refractivity contribution in [3.63, 3.8) is 0 Å². The fourth-order valence-corrected chi connectivity index (χ4v) is 2.66. The number of anilines is 2. The summed E-state index contributed by atoms with van der Waals surface area (Å²) in [6.45, 7) is 0. The van der Waals surface area contributed by atoms with Crippen LogP contribution in [0.4, 0.5) is 24.0 Å². The first-order chi connectivity index (χ1) is 9.74. The van der Waals surface area contributed by atoms with Crippen molar-refractivity contribution in [2.24, 2.45) is 0 Å². The van der Waals surface area contributed by atoms with Gasteiger partial charge in [0.05, 0.1) is 17.7 Å². The molecule has 2 rings (SSSR count). The van der Waals surface area contributed by atoms with Gasteiger partial charge in [0.15, 0.2) is 5.13 Å². The van der Waals surface area contributed by atoms with E-state index in [2.05, 4.69) is 26.2 Å². The van der Waals surface area contributed by atoms with Crippen LogP contribution in [0, 0.1) is 0 Å². The van der Waals surface area contributed by atoms with Gasteiger partial charge in [-0.15, -0.1) is 11.3 Å². The molecule has 1 amide bonds. The lowest BCUT2D eigenvalue weighted by Gasteiger charge is -2.10. The van der Waals surface area contributed by atoms with Crippen molar-refractivity contribution in [2.75, 3.05) is 11.1 Å². The fourth-order valence-electron chi connectivity index (χ4n) is 1.60. The number of rotatable bonds is 3. The number of hydrogen-bond donors (Lipinski definition) is 2. The van der Waals surface area contributed by atoms with Gasteiger partial charge in [0.2, 0.25) is 5.91 Å². The van der Waals surface area contributed by atoms with Crippen molar-refractivity contribution in [3.05, 3.63) is 39.3 Å². The largest absolute Gasteiger partial charge is 0.416 e. The molecule has 0 aliphatic rings. The van der Waals surface area contributed by atoms with E-state index in [-0.39, 0.29) is 16.6 Å². The maximum absolute atomic E-state index is 12.7. The zero-order chi connectivity index (χ0) is 15.6. The highest BCUT2D eigenvalue weighted by molar-refractivity contribution is 9.10. The molecule has 0 bridgehead atoms. The molecule has 0 radical (unpaired) electrons. The quantitative estimate of drug-likeness (QED) is 0.854. The minimum absolute atomic E-state index is 0.0540. The highest BCUT2D eigenvalue weighted by atomic mass is 79.9. The molecule has 1 aromatic carbocycles. The zero-order valence-electron chi connectivity index (χ0n) is 10.4. The zero-order valence-corrected chi connectivity index (χ0v) is 12.8. The van der Waals surface area contributed by atoms with Crippen molar-refractivity contribution in [1.29, 1.82) is 0 Å². The van der Waals surface area contributed by atoms with E-state index < -0.39 is 17.6 Å². The summed E-state index contributed by atoms with van der Waals surface area (Å²) in [4.78, 5) is 15.7. The first-order valence-electron chi connectivity index (χ1n) is 5.61. The lowest BCUT2D eigenvalue weighted by molar-refractivity contribution is -0.137. The van der Waals surface area contributed by atoms with Gasteiger partial charge in [-0.1, -0.05) is 15.9 Å². The number of nitrogens with two attached hydrogens (primary N) is 1. The number of nitrogen functional groups attached to an aromatic ring is 1. The molecule has 1 aromatic heterocycles. The predicted molar refractivity (Wildman–Crippen MR) is 78.0 cm³/mol. The average molecular weight is 380 g/mol. The van der Waals surface area contributed by atoms with Gasteiger partial charge >= 0.3 is 6.18 Å². The normalized spacial score (nSPS) is 11.4. The highest BCUT2D eigenvalue weighted by Gasteiger charge is 2.31. The summed E-state index contributed by atoms with van der Waals surface area (Å²) in [5.41, 5.74) is 5.13. The van der Waals surface area contributed by atoms with Gasteiger partial charge in [-0.25, -0.2) is 4.98 Å². The number of alkyl halides is 3. The van der Waals surface area contributed by atoms with Crippen molar-refractivity contribution >= 4 is 44.0 Å². The number of amides is 1. The average Bonchev–Trinajstić information content (AvgIpc) is 2.72. The first kappa shape index (κ1) is 15.8. The second-order valence-corrected chi connectivity index (χ2v) is 5.93. The number of carbonyl (C=O) groups is 1. The van der Waals surface area contributed by atoms with Gasteiger partial charge in [0, 0.05) is 15.5 Å². The predicted octanol–water partition coefficient (Wildman–Crippen LogP) is 3.69. The summed E-state index contributed by atoms with van der Waals surface area (Å²) in [6.07, 6.45) is -4.53. The van der Waals surface area contributed by atoms with E-state index in [0.717, 1.165) is 12.1 Å². The van der Waals surface area contributed by atoms with Crippen LogP contribution in [-0.2, 0) is 17.4 Å². The van der Waals surface area contributed by atoms with Crippen molar-refractivity contribution in [3.8, 4) is 0 Å². The Kier molecular flexibility index (Phi) is 4.52. The second-order valence-electron chi connectivity index (χ2n) is 4.13. The molecule has 4 nitrogen and oxygen atoms in total. The van der Waals surface area contributed by atoms with Crippen molar-refractivity contribution in [1.82, 2.24) is 4.98 Å². The van der Waals surface area contributed by atoms with E-state index in [1.807, 2.05) is 0 Å². The number of benzene rings is 1. The second kappa shape index (κ2) is 6.02. The number of nitrogens with zero attached hydrogens (tertiary/aromatic N) is 1. The standard InChI is InChI=1S/C12H9BrF3N3OS/c13-7-1-6(12(14,15)16)2-8(3-7)18-10(20)4-9-5-21-11(17)19-9/h1-3,5H,4H2,(H2,17,19)(H,18,20). The molecule has 0 spiro atoms. The third kappa shape index (κ3) is 4.43. The van der Waals surface area contributed by atoms with Gasteiger partial charge < -0.3 is 11.1 Å². The van der Waals surface area contributed by atoms with Crippen molar-refractivity contribution in [2.45, 2.75) is 12.6 Å². The van der Waals surface area contributed by atoms with E-state index in [1.54, 1.807) is 5.38 Å². The molecule has 0 saturated carbocycles. The number of thiazole rings is 1. The third-order valence-corrected chi connectivity index (χ3v) is 3.60. The molecule has 0 aliphatic carbocycles. The SMILES string of the molecule is Nc1nc(CC(=O)Nc2cc(Br)cc(C(F)(F)F)c2)cs1. The van der Waals surface area contributed by atoms with Gasteiger partial charge in [-0.2, -0.15) is 13.2 Å². The Morgan fingerprint density at radius 3 is 2.67 bits per heavy atom. The molecule has 9 heteroatoms. The molecule has 0 atom stereocenters. The lowest BCUT2D eigenvalue weighted by atomic mass is 10.2. The topological polar surface area (TPSA) is 68.0 Å². The fraction of sp³-hybridized carbons (Fsp3) is 0.167. The molecule has 0 unspecified atom stereocenters. The van der Waals surface area contributed by atoms with Crippen LogP contribution in [0.5, 0.6) is 0 Å². The van der Waals surface area contributed by atoms with Gasteiger partial charge in [-0.05, 0) is 18.2 Å². The summed E-state index contributed by atoms with van der Waals surface area (Å²) in [5, 5.41) is 4.36. The van der Waals surface area contributed by atoms with Crippen LogP contribution in [0.25, 0.3) is 0 Å². The van der Waals surface area contributed by atoms with E-state index >= 15 is 0 Å². The van der Waals surface area contributed by atoms with E-state index in [0.29, 0.717) is 10.8 Å².